The van der Waals surface area contributed by atoms with Gasteiger partial charge < -0.3 is 9.47 Å². The maximum Gasteiger partial charge on any atom is 0.268 e. The molecular weight excluding hydrogens is 326 g/mol. The minimum absolute atomic E-state index is 0.395. The second-order valence-corrected chi connectivity index (χ2v) is 6.11. The molecule has 0 unspecified atom stereocenters. The molecule has 1 heterocycles. The van der Waals surface area contributed by atoms with E-state index in [-0.39, 0.29) is 0 Å². The number of fused-ring (bicyclic) bond motifs is 1. The van der Waals surface area contributed by atoms with Crippen LogP contribution in [0.4, 0.5) is 0 Å². The highest BCUT2D eigenvalue weighted by Gasteiger charge is 2.15. The number of hydrogen-bond donors (Lipinski definition) is 1. The van der Waals surface area contributed by atoms with E-state index < -0.39 is 11.8 Å². The summed E-state index contributed by atoms with van der Waals surface area (Å²) in [5, 5.41) is 3.30. The van der Waals surface area contributed by atoms with Crippen molar-refractivity contribution >= 4 is 33.2 Å². The van der Waals surface area contributed by atoms with E-state index in [0.717, 1.165) is 15.8 Å². The average molecular weight is 341 g/mol. The fourth-order valence-corrected chi connectivity index (χ4v) is 3.18. The Balaban J connectivity index is 1.77. The third-order valence-electron chi connectivity index (χ3n) is 3.53. The highest BCUT2D eigenvalue weighted by molar-refractivity contribution is 7.20. The molecule has 0 fully saturated rings. The first-order valence-corrected chi connectivity index (χ1v) is 7.99. The Morgan fingerprint density at radius 2 is 1.54 bits per heavy atom. The lowest BCUT2D eigenvalue weighted by Gasteiger charge is -2.04. The monoisotopic (exact) mass is 341 g/mol. The van der Waals surface area contributed by atoms with E-state index in [1.54, 1.807) is 44.6 Å². The molecule has 0 aliphatic carbocycles. The number of methoxy groups -OCH3 is 2. The molecule has 0 atom stereocenters. The Morgan fingerprint density at radius 1 is 0.875 bits per heavy atom. The van der Waals surface area contributed by atoms with Gasteiger partial charge in [0.15, 0.2) is 0 Å². The highest BCUT2D eigenvalue weighted by Crippen LogP contribution is 2.28. The van der Waals surface area contributed by atoms with Crippen LogP contribution in [0.15, 0.2) is 48.5 Å². The van der Waals surface area contributed by atoms with Crippen molar-refractivity contribution in [2.45, 2.75) is 0 Å². The van der Waals surface area contributed by atoms with Crippen molar-refractivity contribution < 1.29 is 19.1 Å². The molecule has 2 aromatic carbocycles. The normalized spacial score (nSPS) is 10.4. The standard InChI is InChI=1S/C18H15NO4S/c1-22-13-5-3-11(4-6-13)17(20)19-18(21)16-10-12-9-14(23-2)7-8-15(12)24-16/h3-10H,1-2H3,(H,19,20,21). The van der Waals surface area contributed by atoms with Crippen molar-refractivity contribution in [2.75, 3.05) is 14.2 Å². The fourth-order valence-electron chi connectivity index (χ4n) is 2.24. The molecule has 122 valence electrons. The van der Waals surface area contributed by atoms with E-state index in [2.05, 4.69) is 5.32 Å². The number of benzene rings is 2. The summed E-state index contributed by atoms with van der Waals surface area (Å²) in [6.45, 7) is 0. The lowest BCUT2D eigenvalue weighted by Crippen LogP contribution is -2.29. The van der Waals surface area contributed by atoms with Crippen LogP contribution in [0.3, 0.4) is 0 Å². The van der Waals surface area contributed by atoms with Crippen molar-refractivity contribution in [1.29, 1.82) is 0 Å². The second-order valence-electron chi connectivity index (χ2n) is 5.03. The molecule has 0 aliphatic heterocycles. The summed E-state index contributed by atoms with van der Waals surface area (Å²) in [4.78, 5) is 24.9. The van der Waals surface area contributed by atoms with Crippen LogP contribution < -0.4 is 14.8 Å². The van der Waals surface area contributed by atoms with Gasteiger partial charge in [0.2, 0.25) is 0 Å². The molecular formula is C18H15NO4S. The number of imide groups is 1. The van der Waals surface area contributed by atoms with Gasteiger partial charge in [0.1, 0.15) is 11.5 Å². The number of carbonyl (C=O) groups is 2. The van der Waals surface area contributed by atoms with Crippen LogP contribution in [-0.4, -0.2) is 26.0 Å². The molecule has 5 nitrogen and oxygen atoms in total. The maximum atomic E-state index is 12.3. The molecule has 6 heteroatoms. The minimum atomic E-state index is -0.447. The molecule has 2 amide bonds. The summed E-state index contributed by atoms with van der Waals surface area (Å²) in [7, 11) is 3.14. The zero-order valence-corrected chi connectivity index (χ0v) is 14.0. The Labute approximate surface area is 142 Å². The van der Waals surface area contributed by atoms with E-state index in [4.69, 9.17) is 9.47 Å². The quantitative estimate of drug-likeness (QED) is 0.738. The number of hydrogen-bond acceptors (Lipinski definition) is 5. The third kappa shape index (κ3) is 3.23. The van der Waals surface area contributed by atoms with E-state index in [9.17, 15) is 9.59 Å². The number of amides is 2. The van der Waals surface area contributed by atoms with Gasteiger partial charge in [-0.15, -0.1) is 11.3 Å². The Morgan fingerprint density at radius 3 is 2.21 bits per heavy atom. The maximum absolute atomic E-state index is 12.3. The summed E-state index contributed by atoms with van der Waals surface area (Å²) in [5.41, 5.74) is 0.395. The summed E-state index contributed by atoms with van der Waals surface area (Å²) in [6, 6.07) is 13.9. The summed E-state index contributed by atoms with van der Waals surface area (Å²) < 4.78 is 11.2. The lowest BCUT2D eigenvalue weighted by atomic mass is 10.2. The molecule has 3 aromatic rings. The number of carbonyl (C=O) groups excluding carboxylic acids is 2. The van der Waals surface area contributed by atoms with Crippen molar-refractivity contribution in [1.82, 2.24) is 5.32 Å². The molecule has 24 heavy (non-hydrogen) atoms. The minimum Gasteiger partial charge on any atom is -0.497 e. The SMILES string of the molecule is COc1ccc(C(=O)NC(=O)c2cc3cc(OC)ccc3s2)cc1. The average Bonchev–Trinajstić information content (AvgIpc) is 3.05. The van der Waals surface area contributed by atoms with Crippen molar-refractivity contribution in [3.8, 4) is 11.5 Å². The van der Waals surface area contributed by atoms with Crippen LogP contribution in [0, 0.1) is 0 Å². The van der Waals surface area contributed by atoms with Crippen molar-refractivity contribution in [3.63, 3.8) is 0 Å². The first-order valence-electron chi connectivity index (χ1n) is 7.18. The van der Waals surface area contributed by atoms with Gasteiger partial charge in [-0.25, -0.2) is 0 Å². The molecule has 1 aromatic heterocycles. The van der Waals surface area contributed by atoms with Crippen LogP contribution in [0.25, 0.3) is 10.1 Å². The largest absolute Gasteiger partial charge is 0.497 e. The van der Waals surface area contributed by atoms with Gasteiger partial charge >= 0.3 is 0 Å². The molecule has 1 N–H and O–H groups in total. The molecule has 0 bridgehead atoms. The van der Waals surface area contributed by atoms with Gasteiger partial charge in [-0.2, -0.15) is 0 Å². The Bertz CT molecular complexity index is 899. The van der Waals surface area contributed by atoms with Gasteiger partial charge in [0, 0.05) is 10.3 Å². The third-order valence-corrected chi connectivity index (χ3v) is 4.64. The number of nitrogens with one attached hydrogen (secondary N) is 1. The second kappa shape index (κ2) is 6.72. The van der Waals surface area contributed by atoms with Crippen molar-refractivity contribution in [3.05, 3.63) is 59.0 Å². The molecule has 0 spiro atoms. The zero-order chi connectivity index (χ0) is 17.1. The number of rotatable bonds is 4. The molecule has 0 saturated carbocycles. The summed E-state index contributed by atoms with van der Waals surface area (Å²) >= 11 is 1.33. The van der Waals surface area contributed by atoms with E-state index in [0.29, 0.717) is 16.2 Å². The highest BCUT2D eigenvalue weighted by atomic mass is 32.1. The van der Waals surface area contributed by atoms with E-state index in [1.165, 1.54) is 11.3 Å². The topological polar surface area (TPSA) is 64.6 Å². The van der Waals surface area contributed by atoms with Gasteiger partial charge in [0.05, 0.1) is 19.1 Å². The molecule has 0 aliphatic rings. The first-order chi connectivity index (χ1) is 11.6. The van der Waals surface area contributed by atoms with Gasteiger partial charge in [0.25, 0.3) is 11.8 Å². The lowest BCUT2D eigenvalue weighted by molar-refractivity contribution is 0.0851. The van der Waals surface area contributed by atoms with Gasteiger partial charge in [-0.05, 0) is 53.9 Å². The molecule has 0 saturated heterocycles. The number of thiophene rings is 1. The molecule has 3 rings (SSSR count). The van der Waals surface area contributed by atoms with Gasteiger partial charge in [-0.3, -0.25) is 14.9 Å². The summed E-state index contributed by atoms with van der Waals surface area (Å²) in [5.74, 6) is 0.506. The fraction of sp³-hybridized carbons (Fsp3) is 0.111. The van der Waals surface area contributed by atoms with Crippen LogP contribution in [0.2, 0.25) is 0 Å². The van der Waals surface area contributed by atoms with E-state index in [1.807, 2.05) is 18.2 Å². The predicted molar refractivity (Wildman–Crippen MR) is 93.2 cm³/mol. The Kier molecular flexibility index (Phi) is 4.48. The van der Waals surface area contributed by atoms with Crippen LogP contribution in [0.5, 0.6) is 11.5 Å². The number of ether oxygens (including phenoxy) is 2. The predicted octanol–water partition coefficient (Wildman–Crippen LogP) is 3.49. The van der Waals surface area contributed by atoms with Crippen LogP contribution >= 0.6 is 11.3 Å². The molecule has 0 radical (unpaired) electrons. The van der Waals surface area contributed by atoms with Crippen molar-refractivity contribution in [2.24, 2.45) is 0 Å². The van der Waals surface area contributed by atoms with Crippen LogP contribution in [-0.2, 0) is 0 Å². The smallest absolute Gasteiger partial charge is 0.268 e. The van der Waals surface area contributed by atoms with E-state index >= 15 is 0 Å². The first kappa shape index (κ1) is 16.0. The Hall–Kier alpha value is -2.86. The van der Waals surface area contributed by atoms with Crippen LogP contribution in [0.1, 0.15) is 20.0 Å². The summed E-state index contributed by atoms with van der Waals surface area (Å²) in [6.07, 6.45) is 0. The van der Waals surface area contributed by atoms with Gasteiger partial charge in [-0.1, -0.05) is 0 Å². The zero-order valence-electron chi connectivity index (χ0n) is 13.2.